The van der Waals surface area contributed by atoms with Gasteiger partial charge in [-0.25, -0.2) is 8.42 Å². The summed E-state index contributed by atoms with van der Waals surface area (Å²) in [5.74, 6) is 0.412. The number of methoxy groups -OCH3 is 1. The highest BCUT2D eigenvalue weighted by Crippen LogP contribution is 2.19. The summed E-state index contributed by atoms with van der Waals surface area (Å²) in [7, 11) is -1.97. The summed E-state index contributed by atoms with van der Waals surface area (Å²) >= 11 is 0. The van der Waals surface area contributed by atoms with Gasteiger partial charge in [0.1, 0.15) is 12.3 Å². The maximum atomic E-state index is 12.3. The number of benzene rings is 2. The van der Waals surface area contributed by atoms with Crippen LogP contribution in [-0.4, -0.2) is 40.8 Å². The molecule has 146 valence electrons. The molecular weight excluding hydrogens is 364 g/mol. The van der Waals surface area contributed by atoms with Crippen LogP contribution in [0.3, 0.4) is 0 Å². The minimum absolute atomic E-state index is 0.254. The van der Waals surface area contributed by atoms with Crippen molar-refractivity contribution < 1.29 is 17.9 Å². The van der Waals surface area contributed by atoms with Crippen molar-refractivity contribution in [2.45, 2.75) is 19.8 Å². The quantitative estimate of drug-likeness (QED) is 0.713. The lowest BCUT2D eigenvalue weighted by molar-refractivity contribution is -0.119. The van der Waals surface area contributed by atoms with E-state index >= 15 is 0 Å². The van der Waals surface area contributed by atoms with Crippen LogP contribution in [0.1, 0.15) is 18.1 Å². The Balaban J connectivity index is 1.99. The Morgan fingerprint density at radius 3 is 2.37 bits per heavy atom. The third-order valence-electron chi connectivity index (χ3n) is 4.23. The van der Waals surface area contributed by atoms with Crippen LogP contribution in [0.15, 0.2) is 48.5 Å². The Labute approximate surface area is 161 Å². The summed E-state index contributed by atoms with van der Waals surface area (Å²) in [5, 5.41) is 2.78. The molecule has 0 unspecified atom stereocenters. The molecule has 0 radical (unpaired) electrons. The number of sulfonamides is 1. The molecule has 1 amide bonds. The van der Waals surface area contributed by atoms with E-state index in [0.29, 0.717) is 18.7 Å². The third kappa shape index (κ3) is 5.99. The zero-order chi connectivity index (χ0) is 19.9. The standard InChI is InChI=1S/C20H26N2O4S/c1-4-16-9-11-18(12-10-16)22(27(3,24)25)15-20(23)21-14-13-17-7-5-6-8-19(17)26-2/h5-12H,4,13-15H2,1-3H3,(H,21,23). The number of aryl methyl sites for hydroxylation is 1. The van der Waals surface area contributed by atoms with Gasteiger partial charge in [0.05, 0.1) is 19.1 Å². The average molecular weight is 391 g/mol. The Morgan fingerprint density at radius 1 is 1.11 bits per heavy atom. The monoisotopic (exact) mass is 390 g/mol. The Morgan fingerprint density at radius 2 is 1.78 bits per heavy atom. The van der Waals surface area contributed by atoms with Gasteiger partial charge in [-0.15, -0.1) is 0 Å². The largest absolute Gasteiger partial charge is 0.496 e. The van der Waals surface area contributed by atoms with Gasteiger partial charge in [0, 0.05) is 6.54 Å². The van der Waals surface area contributed by atoms with Crippen molar-refractivity contribution in [2.24, 2.45) is 0 Å². The number of hydrogen-bond donors (Lipinski definition) is 1. The normalized spacial score (nSPS) is 11.1. The topological polar surface area (TPSA) is 75.7 Å². The lowest BCUT2D eigenvalue weighted by atomic mass is 10.1. The molecule has 0 saturated carbocycles. The van der Waals surface area contributed by atoms with E-state index in [-0.39, 0.29) is 12.5 Å². The molecular formula is C20H26N2O4S. The second-order valence-corrected chi connectivity index (χ2v) is 8.11. The predicted molar refractivity (Wildman–Crippen MR) is 108 cm³/mol. The van der Waals surface area contributed by atoms with Gasteiger partial charge in [0.2, 0.25) is 15.9 Å². The molecule has 2 rings (SSSR count). The lowest BCUT2D eigenvalue weighted by Gasteiger charge is -2.22. The summed E-state index contributed by atoms with van der Waals surface area (Å²) in [5.41, 5.74) is 2.57. The van der Waals surface area contributed by atoms with Crippen LogP contribution in [0, 0.1) is 0 Å². The van der Waals surface area contributed by atoms with Crippen LogP contribution in [-0.2, 0) is 27.7 Å². The number of para-hydroxylation sites is 1. The molecule has 0 fully saturated rings. The minimum Gasteiger partial charge on any atom is -0.496 e. The zero-order valence-corrected chi connectivity index (χ0v) is 16.8. The number of hydrogen-bond acceptors (Lipinski definition) is 4. The molecule has 0 aliphatic carbocycles. The first kappa shape index (κ1) is 20.8. The second kappa shape index (κ2) is 9.41. The van der Waals surface area contributed by atoms with Crippen molar-refractivity contribution in [3.8, 4) is 5.75 Å². The first-order valence-corrected chi connectivity index (χ1v) is 10.6. The number of amides is 1. The molecule has 1 N–H and O–H groups in total. The van der Waals surface area contributed by atoms with Gasteiger partial charge in [-0.3, -0.25) is 9.10 Å². The molecule has 6 nitrogen and oxygen atoms in total. The Hall–Kier alpha value is -2.54. The van der Waals surface area contributed by atoms with Crippen LogP contribution in [0.25, 0.3) is 0 Å². The van der Waals surface area contributed by atoms with Crippen LogP contribution < -0.4 is 14.4 Å². The zero-order valence-electron chi connectivity index (χ0n) is 15.9. The van der Waals surface area contributed by atoms with E-state index in [9.17, 15) is 13.2 Å². The SMILES string of the molecule is CCc1ccc(N(CC(=O)NCCc2ccccc2OC)S(C)(=O)=O)cc1. The van der Waals surface area contributed by atoms with E-state index in [1.165, 1.54) is 0 Å². The van der Waals surface area contributed by atoms with Gasteiger partial charge >= 0.3 is 0 Å². The lowest BCUT2D eigenvalue weighted by Crippen LogP contribution is -2.41. The number of carbonyl (C=O) groups is 1. The highest BCUT2D eigenvalue weighted by Gasteiger charge is 2.20. The van der Waals surface area contributed by atoms with Crippen molar-refractivity contribution in [3.05, 3.63) is 59.7 Å². The second-order valence-electron chi connectivity index (χ2n) is 6.20. The fraction of sp³-hybridized carbons (Fsp3) is 0.350. The molecule has 0 saturated heterocycles. The summed E-state index contributed by atoms with van der Waals surface area (Å²) in [6, 6.07) is 14.8. The van der Waals surface area contributed by atoms with Gasteiger partial charge in [0.25, 0.3) is 0 Å². The molecule has 0 bridgehead atoms. The summed E-state index contributed by atoms with van der Waals surface area (Å²) in [6.07, 6.45) is 2.56. The maximum Gasteiger partial charge on any atom is 0.240 e. The number of ether oxygens (including phenoxy) is 1. The van der Waals surface area contributed by atoms with Crippen LogP contribution in [0.4, 0.5) is 5.69 Å². The first-order valence-electron chi connectivity index (χ1n) is 8.80. The smallest absolute Gasteiger partial charge is 0.240 e. The van der Waals surface area contributed by atoms with Crippen molar-refractivity contribution in [3.63, 3.8) is 0 Å². The Kier molecular flexibility index (Phi) is 7.24. The number of anilines is 1. The van der Waals surface area contributed by atoms with Gasteiger partial charge in [-0.2, -0.15) is 0 Å². The molecule has 0 heterocycles. The molecule has 0 spiro atoms. The third-order valence-corrected chi connectivity index (χ3v) is 5.37. The van der Waals surface area contributed by atoms with Crippen LogP contribution in [0.5, 0.6) is 5.75 Å². The number of carbonyl (C=O) groups excluding carboxylic acids is 1. The van der Waals surface area contributed by atoms with E-state index in [2.05, 4.69) is 5.32 Å². The van der Waals surface area contributed by atoms with Gasteiger partial charge in [0.15, 0.2) is 0 Å². The highest BCUT2D eigenvalue weighted by atomic mass is 32.2. The molecule has 2 aromatic rings. The van der Waals surface area contributed by atoms with Crippen LogP contribution in [0.2, 0.25) is 0 Å². The Bertz CT molecular complexity index is 864. The van der Waals surface area contributed by atoms with Crippen molar-refractivity contribution in [2.75, 3.05) is 30.8 Å². The van der Waals surface area contributed by atoms with E-state index in [4.69, 9.17) is 4.74 Å². The highest BCUT2D eigenvalue weighted by molar-refractivity contribution is 7.92. The van der Waals surface area contributed by atoms with E-state index in [1.807, 2.05) is 43.3 Å². The van der Waals surface area contributed by atoms with Gasteiger partial charge in [-0.1, -0.05) is 37.3 Å². The molecule has 0 aromatic heterocycles. The van der Waals surface area contributed by atoms with Crippen molar-refractivity contribution >= 4 is 21.6 Å². The fourth-order valence-electron chi connectivity index (χ4n) is 2.73. The molecule has 0 aliphatic heterocycles. The minimum atomic E-state index is -3.57. The molecule has 27 heavy (non-hydrogen) atoms. The van der Waals surface area contributed by atoms with Crippen molar-refractivity contribution in [1.29, 1.82) is 0 Å². The molecule has 7 heteroatoms. The van der Waals surface area contributed by atoms with Gasteiger partial charge in [-0.05, 0) is 42.2 Å². The maximum absolute atomic E-state index is 12.3. The number of nitrogens with zero attached hydrogens (tertiary/aromatic N) is 1. The first-order chi connectivity index (χ1) is 12.8. The molecule has 0 aliphatic rings. The van der Waals surface area contributed by atoms with E-state index in [0.717, 1.165) is 33.9 Å². The summed E-state index contributed by atoms with van der Waals surface area (Å²) in [6.45, 7) is 2.17. The van der Waals surface area contributed by atoms with E-state index in [1.54, 1.807) is 19.2 Å². The van der Waals surface area contributed by atoms with Crippen LogP contribution >= 0.6 is 0 Å². The fourth-order valence-corrected chi connectivity index (χ4v) is 3.59. The van der Waals surface area contributed by atoms with Gasteiger partial charge < -0.3 is 10.1 Å². The molecule has 2 aromatic carbocycles. The average Bonchev–Trinajstić information content (AvgIpc) is 2.66. The number of rotatable bonds is 9. The van der Waals surface area contributed by atoms with Crippen molar-refractivity contribution in [1.82, 2.24) is 5.32 Å². The predicted octanol–water partition coefficient (Wildman–Crippen LogP) is 2.38. The summed E-state index contributed by atoms with van der Waals surface area (Å²) < 4.78 is 30.7. The van der Waals surface area contributed by atoms with E-state index < -0.39 is 10.0 Å². The summed E-state index contributed by atoms with van der Waals surface area (Å²) in [4.78, 5) is 12.3. The number of nitrogens with one attached hydrogen (secondary N) is 1. The molecule has 0 atom stereocenters.